The molecule has 0 spiro atoms. The van der Waals surface area contributed by atoms with E-state index < -0.39 is 0 Å². The van der Waals surface area contributed by atoms with Gasteiger partial charge in [-0.05, 0) is 54.9 Å². The van der Waals surface area contributed by atoms with E-state index in [9.17, 15) is 4.39 Å². The molecule has 2 heterocycles. The Morgan fingerprint density at radius 3 is 3.00 bits per heavy atom. The van der Waals surface area contributed by atoms with E-state index in [0.29, 0.717) is 4.77 Å². The van der Waals surface area contributed by atoms with Crippen molar-refractivity contribution in [1.82, 2.24) is 14.5 Å². The third kappa shape index (κ3) is 2.36. The number of H-pyrrole nitrogens is 1. The number of nitrogens with one attached hydrogen (secondary N) is 1. The van der Waals surface area contributed by atoms with Crippen molar-refractivity contribution in [3.05, 3.63) is 58.4 Å². The van der Waals surface area contributed by atoms with Crippen molar-refractivity contribution >= 4 is 23.3 Å². The number of imidazole rings is 1. The van der Waals surface area contributed by atoms with Gasteiger partial charge in [0.2, 0.25) is 0 Å². The minimum absolute atomic E-state index is 0.193. The summed E-state index contributed by atoms with van der Waals surface area (Å²) < 4.78 is 15.8. The smallest absolute Gasteiger partial charge is 0.178 e. The predicted octanol–water partition coefficient (Wildman–Crippen LogP) is 3.78. The molecular weight excluding hydrogens is 273 g/mol. The standard InChI is InChI=1S/C15H14FN3S/c1-10-8-12(16)3-2-11(10)5-7-19-14-4-6-17-9-13(14)18-15(19)20/h2-4,6,8-9H,5,7H2,1H3,(H,18,20). The molecule has 0 bridgehead atoms. The van der Waals surface area contributed by atoms with Gasteiger partial charge in [0.1, 0.15) is 5.82 Å². The summed E-state index contributed by atoms with van der Waals surface area (Å²) in [7, 11) is 0. The van der Waals surface area contributed by atoms with Crippen molar-refractivity contribution in [2.45, 2.75) is 19.9 Å². The van der Waals surface area contributed by atoms with E-state index in [2.05, 4.69) is 14.5 Å². The Bertz CT molecular complexity index is 819. The van der Waals surface area contributed by atoms with E-state index in [-0.39, 0.29) is 5.82 Å². The summed E-state index contributed by atoms with van der Waals surface area (Å²) in [6.07, 6.45) is 4.34. The molecule has 0 atom stereocenters. The van der Waals surface area contributed by atoms with Crippen LogP contribution in [0.4, 0.5) is 4.39 Å². The molecule has 2 aromatic heterocycles. The number of halogens is 1. The van der Waals surface area contributed by atoms with Gasteiger partial charge in [0.15, 0.2) is 4.77 Å². The highest BCUT2D eigenvalue weighted by molar-refractivity contribution is 7.71. The van der Waals surface area contributed by atoms with Crippen molar-refractivity contribution in [1.29, 1.82) is 0 Å². The average molecular weight is 287 g/mol. The summed E-state index contributed by atoms with van der Waals surface area (Å²) in [6, 6.07) is 6.85. The third-order valence-corrected chi connectivity index (χ3v) is 3.81. The molecular formula is C15H14FN3S. The van der Waals surface area contributed by atoms with Crippen LogP contribution in [-0.2, 0) is 13.0 Å². The summed E-state index contributed by atoms with van der Waals surface area (Å²) in [6.45, 7) is 2.69. The summed E-state index contributed by atoms with van der Waals surface area (Å²) in [5.74, 6) is -0.193. The second kappa shape index (κ2) is 5.17. The van der Waals surface area contributed by atoms with Crippen LogP contribution in [0.1, 0.15) is 11.1 Å². The number of rotatable bonds is 3. The van der Waals surface area contributed by atoms with Crippen LogP contribution in [0.25, 0.3) is 11.0 Å². The van der Waals surface area contributed by atoms with E-state index in [0.717, 1.165) is 35.1 Å². The Hall–Kier alpha value is -2.01. The van der Waals surface area contributed by atoms with E-state index in [1.165, 1.54) is 6.07 Å². The first-order chi connectivity index (χ1) is 9.65. The summed E-state index contributed by atoms with van der Waals surface area (Å²) in [5, 5.41) is 0. The van der Waals surface area contributed by atoms with E-state index in [4.69, 9.17) is 12.2 Å². The molecule has 0 saturated carbocycles. The molecule has 0 aliphatic carbocycles. The fourth-order valence-electron chi connectivity index (χ4n) is 2.40. The number of hydrogen-bond acceptors (Lipinski definition) is 2. The Labute approximate surface area is 121 Å². The minimum Gasteiger partial charge on any atom is -0.329 e. The van der Waals surface area contributed by atoms with Crippen molar-refractivity contribution in [2.24, 2.45) is 0 Å². The van der Waals surface area contributed by atoms with Crippen LogP contribution in [0.5, 0.6) is 0 Å². The zero-order valence-electron chi connectivity index (χ0n) is 11.1. The molecule has 3 rings (SSSR count). The van der Waals surface area contributed by atoms with E-state index in [1.807, 2.05) is 19.1 Å². The second-order valence-corrected chi connectivity index (χ2v) is 5.18. The van der Waals surface area contributed by atoms with Crippen LogP contribution in [0.3, 0.4) is 0 Å². The number of pyridine rings is 1. The number of fused-ring (bicyclic) bond motifs is 1. The van der Waals surface area contributed by atoms with Crippen LogP contribution in [0.15, 0.2) is 36.7 Å². The molecule has 5 heteroatoms. The maximum absolute atomic E-state index is 13.1. The van der Waals surface area contributed by atoms with E-state index in [1.54, 1.807) is 18.5 Å². The Balaban J connectivity index is 1.90. The first-order valence-electron chi connectivity index (χ1n) is 6.43. The minimum atomic E-state index is -0.193. The predicted molar refractivity (Wildman–Crippen MR) is 79.8 cm³/mol. The fraction of sp³-hybridized carbons (Fsp3) is 0.200. The number of aryl methyl sites for hydroxylation is 3. The molecule has 3 aromatic rings. The molecule has 20 heavy (non-hydrogen) atoms. The monoisotopic (exact) mass is 287 g/mol. The van der Waals surface area contributed by atoms with Gasteiger partial charge >= 0.3 is 0 Å². The van der Waals surface area contributed by atoms with Crippen LogP contribution in [0, 0.1) is 17.5 Å². The summed E-state index contributed by atoms with van der Waals surface area (Å²) >= 11 is 5.34. The molecule has 1 aromatic carbocycles. The zero-order valence-corrected chi connectivity index (χ0v) is 11.9. The van der Waals surface area contributed by atoms with Gasteiger partial charge < -0.3 is 9.55 Å². The molecule has 0 radical (unpaired) electrons. The van der Waals surface area contributed by atoms with Gasteiger partial charge in [-0.3, -0.25) is 4.98 Å². The quantitative estimate of drug-likeness (QED) is 0.744. The highest BCUT2D eigenvalue weighted by Gasteiger charge is 2.05. The van der Waals surface area contributed by atoms with Crippen LogP contribution in [0.2, 0.25) is 0 Å². The largest absolute Gasteiger partial charge is 0.329 e. The van der Waals surface area contributed by atoms with Crippen molar-refractivity contribution < 1.29 is 4.39 Å². The highest BCUT2D eigenvalue weighted by Crippen LogP contribution is 2.15. The van der Waals surface area contributed by atoms with Gasteiger partial charge in [0.05, 0.1) is 17.2 Å². The normalized spacial score (nSPS) is 11.1. The summed E-state index contributed by atoms with van der Waals surface area (Å²) in [5.41, 5.74) is 4.09. The maximum atomic E-state index is 13.1. The first-order valence-corrected chi connectivity index (χ1v) is 6.83. The number of benzene rings is 1. The van der Waals surface area contributed by atoms with E-state index >= 15 is 0 Å². The van der Waals surface area contributed by atoms with Gasteiger partial charge in [-0.1, -0.05) is 6.07 Å². The maximum Gasteiger partial charge on any atom is 0.178 e. The zero-order chi connectivity index (χ0) is 14.1. The van der Waals surface area contributed by atoms with Crippen molar-refractivity contribution in [3.63, 3.8) is 0 Å². The third-order valence-electron chi connectivity index (χ3n) is 3.48. The molecule has 0 aliphatic rings. The fourth-order valence-corrected chi connectivity index (χ4v) is 2.70. The molecule has 0 aliphatic heterocycles. The Morgan fingerprint density at radius 2 is 2.20 bits per heavy atom. The lowest BCUT2D eigenvalue weighted by molar-refractivity contribution is 0.624. The first kappa shape index (κ1) is 13.0. The highest BCUT2D eigenvalue weighted by atomic mass is 32.1. The van der Waals surface area contributed by atoms with Gasteiger partial charge in [-0.15, -0.1) is 0 Å². The number of hydrogen-bond donors (Lipinski definition) is 1. The van der Waals surface area contributed by atoms with Crippen LogP contribution >= 0.6 is 12.2 Å². The molecule has 102 valence electrons. The molecule has 0 amide bonds. The van der Waals surface area contributed by atoms with Gasteiger partial charge in [0.25, 0.3) is 0 Å². The second-order valence-electron chi connectivity index (χ2n) is 4.80. The topological polar surface area (TPSA) is 33.6 Å². The SMILES string of the molecule is Cc1cc(F)ccc1CCn1c(=S)[nH]c2cnccc21. The number of aromatic amines is 1. The van der Waals surface area contributed by atoms with Gasteiger partial charge in [0, 0.05) is 12.7 Å². The average Bonchev–Trinajstić information content (AvgIpc) is 2.74. The van der Waals surface area contributed by atoms with Gasteiger partial charge in [-0.25, -0.2) is 4.39 Å². The van der Waals surface area contributed by atoms with Crippen molar-refractivity contribution in [3.8, 4) is 0 Å². The van der Waals surface area contributed by atoms with Crippen LogP contribution < -0.4 is 0 Å². The lowest BCUT2D eigenvalue weighted by Gasteiger charge is -2.07. The van der Waals surface area contributed by atoms with Crippen LogP contribution in [-0.4, -0.2) is 14.5 Å². The van der Waals surface area contributed by atoms with Crippen molar-refractivity contribution in [2.75, 3.05) is 0 Å². The lowest BCUT2D eigenvalue weighted by atomic mass is 10.1. The molecule has 0 fully saturated rings. The van der Waals surface area contributed by atoms with Gasteiger partial charge in [-0.2, -0.15) is 0 Å². The number of nitrogens with zero attached hydrogens (tertiary/aromatic N) is 2. The summed E-state index contributed by atoms with van der Waals surface area (Å²) in [4.78, 5) is 7.22. The molecule has 0 unspecified atom stereocenters. The molecule has 0 saturated heterocycles. The lowest BCUT2D eigenvalue weighted by Crippen LogP contribution is -2.03. The molecule has 3 nitrogen and oxygen atoms in total. The Morgan fingerprint density at radius 1 is 1.35 bits per heavy atom. The Kier molecular flexibility index (Phi) is 3.36. The molecule has 1 N–H and O–H groups in total. The number of aromatic nitrogens is 3.